The Hall–Kier alpha value is -0.120. The number of likely N-dealkylation sites (tertiary alicyclic amines) is 1. The van der Waals surface area contributed by atoms with Crippen LogP contribution in [0.3, 0.4) is 0 Å². The molecular weight excluding hydrogens is 176 g/mol. The van der Waals surface area contributed by atoms with Gasteiger partial charge in [0.25, 0.3) is 0 Å². The van der Waals surface area contributed by atoms with Gasteiger partial charge in [-0.05, 0) is 18.3 Å². The topological polar surface area (TPSA) is 38.5 Å². The van der Waals surface area contributed by atoms with Gasteiger partial charge < -0.3 is 10.5 Å². The Labute approximate surface area is 87.6 Å². The van der Waals surface area contributed by atoms with Gasteiger partial charge in [0.1, 0.15) is 0 Å². The fourth-order valence-electron chi connectivity index (χ4n) is 1.56. The Morgan fingerprint density at radius 2 is 1.86 bits per heavy atom. The van der Waals surface area contributed by atoms with Crippen molar-refractivity contribution in [3.8, 4) is 0 Å². The predicted molar refractivity (Wildman–Crippen MR) is 59.1 cm³/mol. The van der Waals surface area contributed by atoms with Crippen molar-refractivity contribution < 1.29 is 4.74 Å². The molecule has 0 unspecified atom stereocenters. The lowest BCUT2D eigenvalue weighted by molar-refractivity contribution is -0.0134. The van der Waals surface area contributed by atoms with Gasteiger partial charge in [-0.25, -0.2) is 0 Å². The molecule has 1 saturated heterocycles. The molecule has 3 nitrogen and oxygen atoms in total. The maximum Gasteiger partial charge on any atom is 0.0990 e. The molecule has 0 aliphatic carbocycles. The van der Waals surface area contributed by atoms with Crippen LogP contribution in [0.4, 0.5) is 0 Å². The first-order chi connectivity index (χ1) is 6.47. The van der Waals surface area contributed by atoms with Crippen molar-refractivity contribution in [1.29, 1.82) is 0 Å². The first kappa shape index (κ1) is 12.0. The van der Waals surface area contributed by atoms with Crippen LogP contribution in [0.5, 0.6) is 0 Å². The van der Waals surface area contributed by atoms with E-state index in [9.17, 15) is 0 Å². The van der Waals surface area contributed by atoms with Gasteiger partial charge in [-0.15, -0.1) is 0 Å². The lowest BCUT2D eigenvalue weighted by atomic mass is 9.99. The fourth-order valence-corrected chi connectivity index (χ4v) is 1.56. The third kappa shape index (κ3) is 4.94. The number of hydrogen-bond donors (Lipinski definition) is 1. The van der Waals surface area contributed by atoms with Crippen LogP contribution in [-0.2, 0) is 4.74 Å². The van der Waals surface area contributed by atoms with Crippen LogP contribution in [0.25, 0.3) is 0 Å². The van der Waals surface area contributed by atoms with Gasteiger partial charge in [0.05, 0.1) is 13.3 Å². The lowest BCUT2D eigenvalue weighted by Gasteiger charge is -2.30. The van der Waals surface area contributed by atoms with Gasteiger partial charge in [-0.1, -0.05) is 20.8 Å². The number of nitrogens with zero attached hydrogens (tertiary/aromatic N) is 1. The largest absolute Gasteiger partial charge is 0.366 e. The maximum atomic E-state index is 5.83. The molecule has 14 heavy (non-hydrogen) atoms. The zero-order valence-corrected chi connectivity index (χ0v) is 9.75. The van der Waals surface area contributed by atoms with Crippen molar-refractivity contribution >= 4 is 0 Å². The molecule has 1 aliphatic heterocycles. The summed E-state index contributed by atoms with van der Waals surface area (Å²) >= 11 is 0. The Balaban J connectivity index is 2.08. The molecule has 1 fully saturated rings. The molecule has 0 atom stereocenters. The van der Waals surface area contributed by atoms with Crippen molar-refractivity contribution in [2.75, 3.05) is 26.4 Å². The van der Waals surface area contributed by atoms with Gasteiger partial charge in [-0.3, -0.25) is 4.90 Å². The average molecular weight is 200 g/mol. The molecule has 0 amide bonds. The highest BCUT2D eigenvalue weighted by atomic mass is 16.5. The number of piperidine rings is 1. The molecule has 1 heterocycles. The Morgan fingerprint density at radius 1 is 1.29 bits per heavy atom. The zero-order valence-electron chi connectivity index (χ0n) is 9.75. The van der Waals surface area contributed by atoms with E-state index in [0.29, 0.717) is 6.04 Å². The van der Waals surface area contributed by atoms with Gasteiger partial charge in [0.15, 0.2) is 0 Å². The van der Waals surface area contributed by atoms with Crippen LogP contribution >= 0.6 is 0 Å². The second kappa shape index (κ2) is 5.10. The van der Waals surface area contributed by atoms with Gasteiger partial charge in [0.2, 0.25) is 0 Å². The standard InChI is InChI=1S/C11H24N2O/c1-11(2,3)8-14-9-13-6-4-10(12)5-7-13/h10H,4-9,12H2,1-3H3. The summed E-state index contributed by atoms with van der Waals surface area (Å²) in [7, 11) is 0. The van der Waals surface area contributed by atoms with Gasteiger partial charge in [-0.2, -0.15) is 0 Å². The molecule has 1 aliphatic rings. The highest BCUT2D eigenvalue weighted by molar-refractivity contribution is 4.72. The van der Waals surface area contributed by atoms with E-state index >= 15 is 0 Å². The summed E-state index contributed by atoms with van der Waals surface area (Å²) in [6.07, 6.45) is 2.22. The number of nitrogens with two attached hydrogens (primary N) is 1. The van der Waals surface area contributed by atoms with E-state index < -0.39 is 0 Å². The summed E-state index contributed by atoms with van der Waals surface area (Å²) in [6.45, 7) is 10.4. The van der Waals surface area contributed by atoms with Crippen LogP contribution in [0.15, 0.2) is 0 Å². The summed E-state index contributed by atoms with van der Waals surface area (Å²) in [5.74, 6) is 0. The predicted octanol–water partition coefficient (Wildman–Crippen LogP) is 1.43. The van der Waals surface area contributed by atoms with Crippen LogP contribution in [0.1, 0.15) is 33.6 Å². The molecule has 0 radical (unpaired) electrons. The smallest absolute Gasteiger partial charge is 0.0990 e. The SMILES string of the molecule is CC(C)(C)COCN1CCC(N)CC1. The van der Waals surface area contributed by atoms with Crippen LogP contribution in [0.2, 0.25) is 0 Å². The second-order valence-electron chi connectivity index (χ2n) is 5.49. The van der Waals surface area contributed by atoms with E-state index in [4.69, 9.17) is 10.5 Å². The number of rotatable bonds is 3. The molecule has 3 heteroatoms. The minimum absolute atomic E-state index is 0.270. The quantitative estimate of drug-likeness (QED) is 0.749. The van der Waals surface area contributed by atoms with Gasteiger partial charge >= 0.3 is 0 Å². The molecule has 0 bridgehead atoms. The van der Waals surface area contributed by atoms with E-state index in [2.05, 4.69) is 25.7 Å². The highest BCUT2D eigenvalue weighted by Crippen LogP contribution is 2.14. The Morgan fingerprint density at radius 3 is 2.36 bits per heavy atom. The lowest BCUT2D eigenvalue weighted by Crippen LogP contribution is -2.41. The monoisotopic (exact) mass is 200 g/mol. The average Bonchev–Trinajstić information content (AvgIpc) is 2.06. The normalized spacial score (nSPS) is 21.4. The third-order valence-corrected chi connectivity index (χ3v) is 2.44. The van der Waals surface area contributed by atoms with E-state index in [1.807, 2.05) is 0 Å². The Kier molecular flexibility index (Phi) is 4.35. The van der Waals surface area contributed by atoms with Gasteiger partial charge in [0, 0.05) is 19.1 Å². The van der Waals surface area contributed by atoms with Crippen LogP contribution in [-0.4, -0.2) is 37.4 Å². The molecule has 0 aromatic rings. The van der Waals surface area contributed by atoms with Crippen LogP contribution in [0, 0.1) is 5.41 Å². The molecular formula is C11H24N2O. The van der Waals surface area contributed by atoms with Crippen molar-refractivity contribution in [3.63, 3.8) is 0 Å². The summed E-state index contributed by atoms with van der Waals surface area (Å²) in [5.41, 5.74) is 6.10. The zero-order chi connectivity index (χ0) is 10.6. The minimum Gasteiger partial charge on any atom is -0.366 e. The maximum absolute atomic E-state index is 5.83. The highest BCUT2D eigenvalue weighted by Gasteiger charge is 2.16. The number of hydrogen-bond acceptors (Lipinski definition) is 3. The summed E-state index contributed by atoms with van der Waals surface area (Å²) in [5, 5.41) is 0. The van der Waals surface area contributed by atoms with Crippen LogP contribution < -0.4 is 5.73 Å². The molecule has 0 saturated carbocycles. The summed E-state index contributed by atoms with van der Waals surface area (Å²) in [6, 6.07) is 0.411. The van der Waals surface area contributed by atoms with E-state index in [1.165, 1.54) is 0 Å². The van der Waals surface area contributed by atoms with Crippen molar-refractivity contribution in [1.82, 2.24) is 4.90 Å². The summed E-state index contributed by atoms with van der Waals surface area (Å²) < 4.78 is 5.66. The summed E-state index contributed by atoms with van der Waals surface area (Å²) in [4.78, 5) is 2.34. The third-order valence-electron chi connectivity index (χ3n) is 2.44. The molecule has 0 aromatic heterocycles. The number of ether oxygens (including phenoxy) is 1. The second-order valence-corrected chi connectivity index (χ2v) is 5.49. The fraction of sp³-hybridized carbons (Fsp3) is 1.00. The van der Waals surface area contributed by atoms with Crippen molar-refractivity contribution in [2.24, 2.45) is 11.1 Å². The molecule has 84 valence electrons. The van der Waals surface area contributed by atoms with E-state index in [-0.39, 0.29) is 5.41 Å². The van der Waals surface area contributed by atoms with Crippen molar-refractivity contribution in [3.05, 3.63) is 0 Å². The molecule has 2 N–H and O–H groups in total. The van der Waals surface area contributed by atoms with Crippen molar-refractivity contribution in [2.45, 2.75) is 39.7 Å². The molecule has 0 spiro atoms. The molecule has 1 rings (SSSR count). The first-order valence-corrected chi connectivity index (χ1v) is 5.53. The first-order valence-electron chi connectivity index (χ1n) is 5.53. The minimum atomic E-state index is 0.270. The Bertz CT molecular complexity index is 157. The van der Waals surface area contributed by atoms with E-state index in [0.717, 1.165) is 39.3 Å². The van der Waals surface area contributed by atoms with E-state index in [1.54, 1.807) is 0 Å². The molecule has 0 aromatic carbocycles.